The number of carbonyl (C=O) groups excluding carboxylic acids is 1. The minimum atomic E-state index is -3.63. The van der Waals surface area contributed by atoms with Gasteiger partial charge in [-0.2, -0.15) is 4.31 Å². The fourth-order valence-electron chi connectivity index (χ4n) is 3.85. The van der Waals surface area contributed by atoms with E-state index in [-0.39, 0.29) is 10.8 Å². The van der Waals surface area contributed by atoms with Crippen molar-refractivity contribution in [3.05, 3.63) is 30.4 Å². The first-order chi connectivity index (χ1) is 13.5. The summed E-state index contributed by atoms with van der Waals surface area (Å²) in [5.41, 5.74) is 0. The smallest absolute Gasteiger partial charge is 0.243 e. The maximum Gasteiger partial charge on any atom is 0.243 e. The van der Waals surface area contributed by atoms with Crippen LogP contribution in [0.3, 0.4) is 0 Å². The molecule has 4 rings (SSSR count). The highest BCUT2D eigenvalue weighted by molar-refractivity contribution is 7.89. The van der Waals surface area contributed by atoms with Crippen LogP contribution in [0.25, 0.3) is 0 Å². The predicted molar refractivity (Wildman–Crippen MR) is 104 cm³/mol. The third-order valence-corrected chi connectivity index (χ3v) is 7.39. The molecule has 3 aliphatic rings. The van der Waals surface area contributed by atoms with E-state index in [2.05, 4.69) is 12.2 Å². The van der Waals surface area contributed by atoms with E-state index in [4.69, 9.17) is 9.47 Å². The lowest BCUT2D eigenvalue weighted by atomic mass is 10.0. The number of piperazine rings is 1. The second kappa shape index (κ2) is 8.13. The number of hydrogen-bond donors (Lipinski definition) is 0. The summed E-state index contributed by atoms with van der Waals surface area (Å²) in [5.74, 6) is 1.49. The molecule has 0 radical (unpaired) electrons. The van der Waals surface area contributed by atoms with Crippen LogP contribution in [0.15, 0.2) is 35.2 Å². The van der Waals surface area contributed by atoms with Gasteiger partial charge in [-0.25, -0.2) is 8.42 Å². The Morgan fingerprint density at radius 1 is 1.07 bits per heavy atom. The second-order valence-electron chi connectivity index (χ2n) is 7.41. The molecular formula is C20H26N2O5S. The van der Waals surface area contributed by atoms with Gasteiger partial charge in [-0.05, 0) is 30.9 Å². The maximum absolute atomic E-state index is 13.0. The number of ether oxygens (including phenoxy) is 2. The van der Waals surface area contributed by atoms with Crippen LogP contribution in [-0.4, -0.2) is 62.9 Å². The molecule has 0 unspecified atom stereocenters. The Hall–Kier alpha value is -2.06. The highest BCUT2D eigenvalue weighted by Gasteiger charge is 2.31. The third kappa shape index (κ3) is 4.03. The van der Waals surface area contributed by atoms with Crippen LogP contribution in [0.5, 0.6) is 11.5 Å². The first-order valence-electron chi connectivity index (χ1n) is 9.88. The van der Waals surface area contributed by atoms with Crippen LogP contribution in [-0.2, 0) is 14.8 Å². The van der Waals surface area contributed by atoms with Gasteiger partial charge >= 0.3 is 0 Å². The van der Waals surface area contributed by atoms with Gasteiger partial charge in [0.05, 0.1) is 18.1 Å². The summed E-state index contributed by atoms with van der Waals surface area (Å²) in [6, 6.07) is 4.76. The molecule has 0 bridgehead atoms. The standard InChI is InChI=1S/C20H26N2O5S/c23-20(14-16-4-1-2-5-16)21-8-10-22(11-9-21)28(24,25)17-6-7-18-19(15-17)27-13-3-12-26-18/h1,4,6-7,15-16H,2-3,5,8-14H2/t16-/m0/s1. The van der Waals surface area contributed by atoms with Gasteiger partial charge in [0.2, 0.25) is 15.9 Å². The molecule has 28 heavy (non-hydrogen) atoms. The minimum Gasteiger partial charge on any atom is -0.490 e. The van der Waals surface area contributed by atoms with Crippen molar-refractivity contribution in [1.82, 2.24) is 9.21 Å². The van der Waals surface area contributed by atoms with Gasteiger partial charge in [0.15, 0.2) is 11.5 Å². The fraction of sp³-hybridized carbons (Fsp3) is 0.550. The number of sulfonamides is 1. The molecule has 152 valence electrons. The molecule has 7 nitrogen and oxygen atoms in total. The lowest BCUT2D eigenvalue weighted by Crippen LogP contribution is -2.50. The fourth-order valence-corrected chi connectivity index (χ4v) is 5.29. The summed E-state index contributed by atoms with van der Waals surface area (Å²) in [4.78, 5) is 14.5. The molecule has 0 N–H and O–H groups in total. The summed E-state index contributed by atoms with van der Waals surface area (Å²) in [5, 5.41) is 0. The van der Waals surface area contributed by atoms with Gasteiger partial charge in [-0.3, -0.25) is 4.79 Å². The minimum absolute atomic E-state index is 0.115. The molecule has 1 aromatic rings. The Morgan fingerprint density at radius 3 is 2.54 bits per heavy atom. The maximum atomic E-state index is 13.0. The number of carbonyl (C=O) groups is 1. The molecule has 0 spiro atoms. The SMILES string of the molecule is O=C(C[C@H]1C=CCC1)N1CCN(S(=O)(=O)c2ccc3c(c2)OCCCO3)CC1. The van der Waals surface area contributed by atoms with E-state index >= 15 is 0 Å². The summed E-state index contributed by atoms with van der Waals surface area (Å²) in [6.45, 7) is 2.54. The number of fused-ring (bicyclic) bond motifs is 1. The summed E-state index contributed by atoms with van der Waals surface area (Å²) >= 11 is 0. The number of benzene rings is 1. The highest BCUT2D eigenvalue weighted by atomic mass is 32.2. The highest BCUT2D eigenvalue weighted by Crippen LogP contribution is 2.33. The Morgan fingerprint density at radius 2 is 1.82 bits per heavy atom. The molecule has 1 aliphatic carbocycles. The molecule has 0 aromatic heterocycles. The Bertz CT molecular complexity index is 859. The van der Waals surface area contributed by atoms with Gasteiger partial charge in [0.25, 0.3) is 0 Å². The van der Waals surface area contributed by atoms with Crippen LogP contribution < -0.4 is 9.47 Å². The summed E-state index contributed by atoms with van der Waals surface area (Å²) in [7, 11) is -3.63. The van der Waals surface area contributed by atoms with E-state index in [1.54, 1.807) is 23.1 Å². The van der Waals surface area contributed by atoms with Crippen LogP contribution in [0, 0.1) is 5.92 Å². The van der Waals surface area contributed by atoms with Crippen molar-refractivity contribution in [3.63, 3.8) is 0 Å². The average Bonchev–Trinajstić information content (AvgIpc) is 3.10. The van der Waals surface area contributed by atoms with Gasteiger partial charge in [0.1, 0.15) is 0 Å². The molecule has 1 saturated heterocycles. The predicted octanol–water partition coefficient (Wildman–Crippen LogP) is 2.04. The van der Waals surface area contributed by atoms with Crippen molar-refractivity contribution < 1.29 is 22.7 Å². The molecule has 1 atom stereocenters. The number of rotatable bonds is 4. The topological polar surface area (TPSA) is 76.2 Å². The Labute approximate surface area is 166 Å². The zero-order valence-corrected chi connectivity index (χ0v) is 16.7. The average molecular weight is 407 g/mol. The zero-order valence-electron chi connectivity index (χ0n) is 15.9. The van der Waals surface area contributed by atoms with Crippen molar-refractivity contribution in [2.75, 3.05) is 39.4 Å². The second-order valence-corrected chi connectivity index (χ2v) is 9.35. The van der Waals surface area contributed by atoms with Crippen molar-refractivity contribution in [1.29, 1.82) is 0 Å². The van der Waals surface area contributed by atoms with Crippen molar-refractivity contribution in [3.8, 4) is 11.5 Å². The molecule has 2 aliphatic heterocycles. The number of nitrogens with zero attached hydrogens (tertiary/aromatic N) is 2. The first kappa shape index (κ1) is 19.3. The van der Waals surface area contributed by atoms with E-state index in [9.17, 15) is 13.2 Å². The largest absolute Gasteiger partial charge is 0.490 e. The van der Waals surface area contributed by atoms with Crippen molar-refractivity contribution in [2.24, 2.45) is 5.92 Å². The quantitative estimate of drug-likeness (QED) is 0.716. The van der Waals surface area contributed by atoms with E-state index in [1.165, 1.54) is 4.31 Å². The van der Waals surface area contributed by atoms with Crippen LogP contribution in [0.4, 0.5) is 0 Å². The lowest BCUT2D eigenvalue weighted by Gasteiger charge is -2.34. The number of amides is 1. The molecule has 2 heterocycles. The lowest BCUT2D eigenvalue weighted by molar-refractivity contribution is -0.133. The van der Waals surface area contributed by atoms with E-state index in [0.717, 1.165) is 19.3 Å². The van der Waals surface area contributed by atoms with Gasteiger partial charge in [0, 0.05) is 45.1 Å². The van der Waals surface area contributed by atoms with Gasteiger partial charge in [-0.15, -0.1) is 0 Å². The van der Waals surface area contributed by atoms with E-state index in [0.29, 0.717) is 63.2 Å². The van der Waals surface area contributed by atoms with E-state index in [1.807, 2.05) is 0 Å². The van der Waals surface area contributed by atoms with Crippen LogP contribution >= 0.6 is 0 Å². The number of hydrogen-bond acceptors (Lipinski definition) is 5. The first-order valence-corrected chi connectivity index (χ1v) is 11.3. The van der Waals surface area contributed by atoms with E-state index < -0.39 is 10.0 Å². The zero-order chi connectivity index (χ0) is 19.6. The number of allylic oxidation sites excluding steroid dienone is 2. The van der Waals surface area contributed by atoms with Crippen molar-refractivity contribution in [2.45, 2.75) is 30.6 Å². The Balaban J connectivity index is 1.40. The molecular weight excluding hydrogens is 380 g/mol. The van der Waals surface area contributed by atoms with Gasteiger partial charge in [-0.1, -0.05) is 12.2 Å². The third-order valence-electron chi connectivity index (χ3n) is 5.50. The molecule has 1 aromatic carbocycles. The summed E-state index contributed by atoms with van der Waals surface area (Å²) < 4.78 is 38.7. The van der Waals surface area contributed by atoms with Crippen LogP contribution in [0.2, 0.25) is 0 Å². The summed E-state index contributed by atoms with van der Waals surface area (Å²) in [6.07, 6.45) is 7.60. The van der Waals surface area contributed by atoms with Gasteiger partial charge < -0.3 is 14.4 Å². The molecule has 8 heteroatoms. The normalized spacial score (nSPS) is 22.9. The van der Waals surface area contributed by atoms with Crippen LogP contribution in [0.1, 0.15) is 25.7 Å². The van der Waals surface area contributed by atoms with Crippen molar-refractivity contribution >= 4 is 15.9 Å². The Kier molecular flexibility index (Phi) is 5.59. The monoisotopic (exact) mass is 406 g/mol. The molecule has 0 saturated carbocycles. The molecule has 1 fully saturated rings. The molecule has 1 amide bonds.